The van der Waals surface area contributed by atoms with Gasteiger partial charge in [0.05, 0.1) is 51.4 Å². The molecule has 29 heavy (non-hydrogen) atoms. The first-order chi connectivity index (χ1) is 14.0. The Hall–Kier alpha value is -3.75. The number of nitrogens with zero attached hydrogens (tertiary/aromatic N) is 2. The number of benzene rings is 2. The van der Waals surface area contributed by atoms with Crippen molar-refractivity contribution in [2.75, 3.05) is 33.8 Å². The number of carbonyl (C=O) groups excluding carboxylic acids is 1. The van der Waals surface area contributed by atoms with Gasteiger partial charge < -0.3 is 24.3 Å². The molecule has 1 aromatic heterocycles. The summed E-state index contributed by atoms with van der Waals surface area (Å²) in [7, 11) is 6.01. The van der Waals surface area contributed by atoms with Crippen LogP contribution in [-0.4, -0.2) is 43.9 Å². The molecule has 0 bridgehead atoms. The van der Waals surface area contributed by atoms with Gasteiger partial charge >= 0.3 is 0 Å². The van der Waals surface area contributed by atoms with Gasteiger partial charge in [0.2, 0.25) is 5.91 Å². The first kappa shape index (κ1) is 20.0. The average Bonchev–Trinajstić information content (AvgIpc) is 2.75. The van der Waals surface area contributed by atoms with Crippen LogP contribution >= 0.6 is 0 Å². The highest BCUT2D eigenvalue weighted by molar-refractivity contribution is 5.92. The Bertz CT molecular complexity index is 1110. The maximum Gasteiger partial charge on any atom is 0.261 e. The molecule has 1 amide bonds. The van der Waals surface area contributed by atoms with E-state index in [0.717, 1.165) is 0 Å². The van der Waals surface area contributed by atoms with Crippen molar-refractivity contribution in [2.24, 2.45) is 0 Å². The van der Waals surface area contributed by atoms with E-state index in [0.29, 0.717) is 39.6 Å². The van der Waals surface area contributed by atoms with Gasteiger partial charge in [0.1, 0.15) is 18.0 Å². The normalized spacial score (nSPS) is 10.5. The number of ether oxygens (including phenoxy) is 4. The van der Waals surface area contributed by atoms with Crippen LogP contribution in [0, 0.1) is 0 Å². The quantitative estimate of drug-likeness (QED) is 0.649. The number of aromatic nitrogens is 2. The molecule has 1 N–H and O–H groups in total. The monoisotopic (exact) mass is 399 g/mol. The van der Waals surface area contributed by atoms with Crippen LogP contribution in [0.5, 0.6) is 23.0 Å². The second-order valence-electron chi connectivity index (χ2n) is 6.02. The van der Waals surface area contributed by atoms with Gasteiger partial charge in [-0.3, -0.25) is 14.2 Å². The summed E-state index contributed by atoms with van der Waals surface area (Å²) in [6.07, 6.45) is 1.32. The van der Waals surface area contributed by atoms with Crippen LogP contribution in [0.1, 0.15) is 0 Å². The summed E-state index contributed by atoms with van der Waals surface area (Å²) in [5.41, 5.74) is 0.542. The van der Waals surface area contributed by atoms with Crippen molar-refractivity contribution in [3.05, 3.63) is 47.0 Å². The minimum absolute atomic E-state index is 0.217. The zero-order chi connectivity index (χ0) is 21.0. The number of hydrogen-bond donors (Lipinski definition) is 1. The maximum atomic E-state index is 12.8. The Morgan fingerprint density at radius 3 is 2.31 bits per heavy atom. The number of hydrogen-bond acceptors (Lipinski definition) is 7. The molecule has 3 rings (SSSR count). The minimum Gasteiger partial charge on any atom is -0.497 e. The van der Waals surface area contributed by atoms with Crippen LogP contribution in [0.25, 0.3) is 10.9 Å². The molecule has 0 saturated heterocycles. The lowest BCUT2D eigenvalue weighted by Gasteiger charge is -2.13. The van der Waals surface area contributed by atoms with Crippen LogP contribution in [0.15, 0.2) is 41.5 Å². The Kier molecular flexibility index (Phi) is 5.87. The topological polar surface area (TPSA) is 101 Å². The number of carbonyl (C=O) groups is 1. The average molecular weight is 399 g/mol. The van der Waals surface area contributed by atoms with Crippen molar-refractivity contribution in [2.45, 2.75) is 6.54 Å². The number of anilines is 1. The summed E-state index contributed by atoms with van der Waals surface area (Å²) in [4.78, 5) is 29.5. The summed E-state index contributed by atoms with van der Waals surface area (Å²) >= 11 is 0. The first-order valence-corrected chi connectivity index (χ1v) is 8.63. The van der Waals surface area contributed by atoms with Crippen LogP contribution in [0.4, 0.5) is 5.69 Å². The van der Waals surface area contributed by atoms with Crippen molar-refractivity contribution >= 4 is 22.5 Å². The summed E-state index contributed by atoms with van der Waals surface area (Å²) < 4.78 is 22.1. The highest BCUT2D eigenvalue weighted by atomic mass is 16.5. The molecule has 9 heteroatoms. The molecule has 0 spiro atoms. The molecule has 152 valence electrons. The number of amides is 1. The molecule has 0 aliphatic heterocycles. The smallest absolute Gasteiger partial charge is 0.261 e. The van der Waals surface area contributed by atoms with E-state index < -0.39 is 5.91 Å². The second-order valence-corrected chi connectivity index (χ2v) is 6.02. The van der Waals surface area contributed by atoms with Gasteiger partial charge in [-0.15, -0.1) is 0 Å². The Morgan fingerprint density at radius 2 is 1.66 bits per heavy atom. The zero-order valence-electron chi connectivity index (χ0n) is 16.5. The van der Waals surface area contributed by atoms with E-state index >= 15 is 0 Å². The summed E-state index contributed by atoms with van der Waals surface area (Å²) in [6, 6.07) is 8.17. The van der Waals surface area contributed by atoms with E-state index in [1.807, 2.05) is 0 Å². The maximum absolute atomic E-state index is 12.8. The van der Waals surface area contributed by atoms with E-state index in [1.54, 1.807) is 30.3 Å². The van der Waals surface area contributed by atoms with Gasteiger partial charge in [-0.05, 0) is 18.2 Å². The van der Waals surface area contributed by atoms with Gasteiger partial charge in [0, 0.05) is 12.1 Å². The Labute approximate surface area is 166 Å². The SMILES string of the molecule is COc1ccc(NC(=O)Cn2cnc3cc(OC)c(OC)cc3c2=O)c(OC)c1. The van der Waals surface area contributed by atoms with E-state index in [2.05, 4.69) is 10.3 Å². The molecule has 2 aromatic carbocycles. The molecule has 0 atom stereocenters. The highest BCUT2D eigenvalue weighted by Crippen LogP contribution is 2.30. The fourth-order valence-corrected chi connectivity index (χ4v) is 2.84. The third-order valence-corrected chi connectivity index (χ3v) is 4.33. The standard InChI is InChI=1S/C20H21N3O6/c1-26-12-5-6-14(16(7-12)27-2)22-19(24)10-23-11-21-15-9-18(29-4)17(28-3)8-13(15)20(23)25/h5-9,11H,10H2,1-4H3,(H,22,24). The molecule has 3 aromatic rings. The largest absolute Gasteiger partial charge is 0.497 e. The van der Waals surface area contributed by atoms with E-state index in [-0.39, 0.29) is 12.1 Å². The van der Waals surface area contributed by atoms with Gasteiger partial charge in [-0.25, -0.2) is 4.98 Å². The number of nitrogens with one attached hydrogen (secondary N) is 1. The number of fused-ring (bicyclic) bond motifs is 1. The van der Waals surface area contributed by atoms with Crippen molar-refractivity contribution in [3.8, 4) is 23.0 Å². The van der Waals surface area contributed by atoms with Gasteiger partial charge in [0.15, 0.2) is 11.5 Å². The molecule has 0 aliphatic rings. The first-order valence-electron chi connectivity index (χ1n) is 8.63. The molecule has 0 unspecified atom stereocenters. The number of methoxy groups -OCH3 is 4. The zero-order valence-corrected chi connectivity index (χ0v) is 16.5. The molecule has 1 heterocycles. The third kappa shape index (κ3) is 4.08. The molecule has 0 saturated carbocycles. The molecule has 0 fully saturated rings. The second kappa shape index (κ2) is 8.51. The Balaban J connectivity index is 1.87. The Morgan fingerprint density at radius 1 is 0.966 bits per heavy atom. The van der Waals surface area contributed by atoms with E-state index in [4.69, 9.17) is 18.9 Å². The van der Waals surface area contributed by atoms with Crippen LogP contribution in [0.2, 0.25) is 0 Å². The van der Waals surface area contributed by atoms with E-state index in [9.17, 15) is 9.59 Å². The highest BCUT2D eigenvalue weighted by Gasteiger charge is 2.14. The van der Waals surface area contributed by atoms with Gasteiger partial charge in [-0.1, -0.05) is 0 Å². The van der Waals surface area contributed by atoms with Crippen molar-refractivity contribution in [1.29, 1.82) is 0 Å². The molecular formula is C20H21N3O6. The lowest BCUT2D eigenvalue weighted by atomic mass is 10.2. The molecule has 0 radical (unpaired) electrons. The lowest BCUT2D eigenvalue weighted by molar-refractivity contribution is -0.116. The van der Waals surface area contributed by atoms with Gasteiger partial charge in [0.25, 0.3) is 5.56 Å². The molecule has 0 aliphatic carbocycles. The summed E-state index contributed by atoms with van der Waals surface area (Å²) in [6.45, 7) is -0.217. The van der Waals surface area contributed by atoms with Crippen molar-refractivity contribution in [1.82, 2.24) is 9.55 Å². The minimum atomic E-state index is -0.405. The van der Waals surface area contributed by atoms with Crippen LogP contribution in [0.3, 0.4) is 0 Å². The molecular weight excluding hydrogens is 378 g/mol. The summed E-state index contributed by atoms with van der Waals surface area (Å²) in [5.74, 6) is 1.51. The molecule has 9 nitrogen and oxygen atoms in total. The van der Waals surface area contributed by atoms with Crippen LogP contribution in [-0.2, 0) is 11.3 Å². The van der Waals surface area contributed by atoms with E-state index in [1.165, 1.54) is 39.3 Å². The fourth-order valence-electron chi connectivity index (χ4n) is 2.84. The van der Waals surface area contributed by atoms with Gasteiger partial charge in [-0.2, -0.15) is 0 Å². The predicted molar refractivity (Wildman–Crippen MR) is 107 cm³/mol. The third-order valence-electron chi connectivity index (χ3n) is 4.33. The fraction of sp³-hybridized carbons (Fsp3) is 0.250. The van der Waals surface area contributed by atoms with Crippen molar-refractivity contribution in [3.63, 3.8) is 0 Å². The van der Waals surface area contributed by atoms with Crippen molar-refractivity contribution < 1.29 is 23.7 Å². The number of rotatable bonds is 7. The predicted octanol–water partition coefficient (Wildman–Crippen LogP) is 2.07. The summed E-state index contributed by atoms with van der Waals surface area (Å²) in [5, 5.41) is 3.05. The lowest BCUT2D eigenvalue weighted by Crippen LogP contribution is -2.28. The van der Waals surface area contributed by atoms with Crippen LogP contribution < -0.4 is 29.8 Å².